The van der Waals surface area contributed by atoms with Crippen LogP contribution in [0.15, 0.2) is 72.3 Å². The minimum absolute atomic E-state index is 0.0963. The fourth-order valence-corrected chi connectivity index (χ4v) is 2.47. The van der Waals surface area contributed by atoms with Crippen LogP contribution in [0.3, 0.4) is 0 Å². The Bertz CT molecular complexity index is 699. The molecule has 0 saturated heterocycles. The van der Waals surface area contributed by atoms with E-state index in [2.05, 4.69) is 29.6 Å². The van der Waals surface area contributed by atoms with E-state index in [4.69, 9.17) is 0 Å². The fraction of sp³-hybridized carbons (Fsp3) is 0.105. The number of nitrogens with one attached hydrogen (secondary N) is 1. The van der Waals surface area contributed by atoms with E-state index in [-0.39, 0.29) is 5.91 Å². The molecule has 1 aliphatic carbocycles. The van der Waals surface area contributed by atoms with Gasteiger partial charge >= 0.3 is 0 Å². The smallest absolute Gasteiger partial charge is 0.248 e. The summed E-state index contributed by atoms with van der Waals surface area (Å²) in [5.41, 5.74) is 4.64. The lowest BCUT2D eigenvalue weighted by molar-refractivity contribution is -0.111. The molecule has 2 heteroatoms. The first-order valence-corrected chi connectivity index (χ1v) is 7.14. The summed E-state index contributed by atoms with van der Waals surface area (Å²) in [5, 5.41) is 2.85. The van der Waals surface area contributed by atoms with Crippen molar-refractivity contribution in [2.75, 3.05) is 5.32 Å². The molecule has 1 N–H and O–H groups in total. The van der Waals surface area contributed by atoms with E-state index in [1.165, 1.54) is 16.7 Å². The molecule has 0 unspecified atom stereocenters. The highest BCUT2D eigenvalue weighted by molar-refractivity contribution is 5.99. The Labute approximate surface area is 124 Å². The molecule has 0 fully saturated rings. The molecular formula is C19H17NO. The fourth-order valence-electron chi connectivity index (χ4n) is 2.47. The average Bonchev–Trinajstić information content (AvgIpc) is 2.54. The maximum Gasteiger partial charge on any atom is 0.248 e. The molecule has 3 rings (SSSR count). The van der Waals surface area contributed by atoms with Crippen LogP contribution in [0.25, 0.3) is 6.08 Å². The highest BCUT2D eigenvalue weighted by Gasteiger charge is 2.07. The molecule has 104 valence electrons. The van der Waals surface area contributed by atoms with Crippen molar-refractivity contribution in [3.8, 4) is 0 Å². The first-order valence-electron chi connectivity index (χ1n) is 7.14. The zero-order valence-corrected chi connectivity index (χ0v) is 11.8. The summed E-state index contributed by atoms with van der Waals surface area (Å²) in [6.07, 6.45) is 7.69. The molecule has 0 spiro atoms. The molecule has 1 amide bonds. The molecule has 0 aliphatic heterocycles. The number of fused-ring (bicyclic) bond motifs is 1. The normalized spacial score (nSPS) is 13.6. The van der Waals surface area contributed by atoms with E-state index in [1.54, 1.807) is 6.08 Å². The summed E-state index contributed by atoms with van der Waals surface area (Å²) in [5.74, 6) is -0.0963. The first kappa shape index (κ1) is 13.4. The van der Waals surface area contributed by atoms with Gasteiger partial charge in [0.05, 0.1) is 0 Å². The van der Waals surface area contributed by atoms with Crippen molar-refractivity contribution in [1.82, 2.24) is 0 Å². The second kappa shape index (κ2) is 6.23. The van der Waals surface area contributed by atoms with Gasteiger partial charge in [0.15, 0.2) is 0 Å². The van der Waals surface area contributed by atoms with Crippen molar-refractivity contribution in [2.45, 2.75) is 12.8 Å². The van der Waals surface area contributed by atoms with Crippen molar-refractivity contribution in [2.24, 2.45) is 0 Å². The van der Waals surface area contributed by atoms with Gasteiger partial charge in [0.1, 0.15) is 0 Å². The number of hydrogen-bond donors (Lipinski definition) is 1. The third-order valence-electron chi connectivity index (χ3n) is 3.57. The Hall–Kier alpha value is -2.61. The minimum Gasteiger partial charge on any atom is -0.323 e. The second-order valence-corrected chi connectivity index (χ2v) is 5.11. The lowest BCUT2D eigenvalue weighted by Gasteiger charge is -2.13. The van der Waals surface area contributed by atoms with Gasteiger partial charge < -0.3 is 5.32 Å². The summed E-state index contributed by atoms with van der Waals surface area (Å²) in [4.78, 5) is 11.9. The van der Waals surface area contributed by atoms with Gasteiger partial charge in [0.25, 0.3) is 0 Å². The number of hydrogen-bond acceptors (Lipinski definition) is 1. The average molecular weight is 275 g/mol. The molecule has 0 radical (unpaired) electrons. The van der Waals surface area contributed by atoms with Gasteiger partial charge in [-0.1, -0.05) is 54.6 Å². The van der Waals surface area contributed by atoms with E-state index in [0.717, 1.165) is 18.5 Å². The van der Waals surface area contributed by atoms with Crippen LogP contribution >= 0.6 is 0 Å². The summed E-state index contributed by atoms with van der Waals surface area (Å²) in [6.45, 7) is 0. The van der Waals surface area contributed by atoms with E-state index >= 15 is 0 Å². The summed E-state index contributed by atoms with van der Waals surface area (Å²) in [6, 6.07) is 17.9. The van der Waals surface area contributed by atoms with Crippen molar-refractivity contribution in [3.63, 3.8) is 0 Å². The zero-order chi connectivity index (χ0) is 14.5. The molecule has 0 bridgehead atoms. The molecule has 2 nitrogen and oxygen atoms in total. The molecule has 0 saturated carbocycles. The summed E-state index contributed by atoms with van der Waals surface area (Å²) in [7, 11) is 0. The third-order valence-corrected chi connectivity index (χ3v) is 3.57. The van der Waals surface area contributed by atoms with Crippen LogP contribution in [0.4, 0.5) is 5.69 Å². The number of aryl methyl sites for hydroxylation is 1. The number of para-hydroxylation sites is 1. The van der Waals surface area contributed by atoms with Crippen LogP contribution in [0.2, 0.25) is 0 Å². The van der Waals surface area contributed by atoms with Crippen molar-refractivity contribution >= 4 is 17.7 Å². The van der Waals surface area contributed by atoms with E-state index in [9.17, 15) is 4.79 Å². The van der Waals surface area contributed by atoms with E-state index in [0.29, 0.717) is 0 Å². The first-order chi connectivity index (χ1) is 10.3. The van der Waals surface area contributed by atoms with Gasteiger partial charge in [0, 0.05) is 11.8 Å². The molecule has 2 aromatic rings. The molecule has 21 heavy (non-hydrogen) atoms. The van der Waals surface area contributed by atoms with Crippen LogP contribution in [-0.4, -0.2) is 5.91 Å². The third kappa shape index (κ3) is 3.48. The highest BCUT2D eigenvalue weighted by atomic mass is 16.1. The molecule has 2 aromatic carbocycles. The highest BCUT2D eigenvalue weighted by Crippen LogP contribution is 2.24. The molecule has 0 heterocycles. The summed E-state index contributed by atoms with van der Waals surface area (Å²) < 4.78 is 0. The number of allylic oxidation sites excluding steroid dienone is 2. The quantitative estimate of drug-likeness (QED) is 0.835. The number of anilines is 1. The Morgan fingerprint density at radius 1 is 0.952 bits per heavy atom. The van der Waals surface area contributed by atoms with Gasteiger partial charge in [0.2, 0.25) is 5.91 Å². The van der Waals surface area contributed by atoms with Crippen molar-refractivity contribution in [1.29, 1.82) is 0 Å². The Balaban J connectivity index is 1.67. The number of carbonyl (C=O) groups is 1. The Morgan fingerprint density at radius 3 is 2.57 bits per heavy atom. The van der Waals surface area contributed by atoms with Crippen LogP contribution in [0.5, 0.6) is 0 Å². The van der Waals surface area contributed by atoms with Crippen LogP contribution < -0.4 is 5.32 Å². The standard InChI is InChI=1S/C19H17NO/c21-19(20-18-8-2-1-3-9-18)13-11-15-10-12-16-6-4-5-7-17(16)14-15/h1-9,11,13-14H,10,12H2,(H,20,21)/b13-11+. The predicted molar refractivity (Wildman–Crippen MR) is 87.0 cm³/mol. The molecule has 0 aromatic heterocycles. The van der Waals surface area contributed by atoms with Gasteiger partial charge in [-0.05, 0) is 41.7 Å². The van der Waals surface area contributed by atoms with Crippen LogP contribution in [0, 0.1) is 0 Å². The SMILES string of the molecule is O=C(/C=C/C1=Cc2ccccc2CC1)Nc1ccccc1. The molecule has 1 aliphatic rings. The van der Waals surface area contributed by atoms with Crippen molar-refractivity contribution in [3.05, 3.63) is 83.4 Å². The second-order valence-electron chi connectivity index (χ2n) is 5.11. The molecular weight excluding hydrogens is 258 g/mol. The lowest BCUT2D eigenvalue weighted by Crippen LogP contribution is -2.07. The van der Waals surface area contributed by atoms with Gasteiger partial charge in [-0.2, -0.15) is 0 Å². The predicted octanol–water partition coefficient (Wildman–Crippen LogP) is 4.21. The number of rotatable bonds is 3. The largest absolute Gasteiger partial charge is 0.323 e. The maximum absolute atomic E-state index is 11.9. The zero-order valence-electron chi connectivity index (χ0n) is 11.8. The lowest BCUT2D eigenvalue weighted by atomic mass is 9.92. The molecule has 0 atom stereocenters. The maximum atomic E-state index is 11.9. The number of benzene rings is 2. The van der Waals surface area contributed by atoms with Gasteiger partial charge in [-0.15, -0.1) is 0 Å². The van der Waals surface area contributed by atoms with Crippen LogP contribution in [0.1, 0.15) is 17.5 Å². The monoisotopic (exact) mass is 275 g/mol. The van der Waals surface area contributed by atoms with Crippen LogP contribution in [-0.2, 0) is 11.2 Å². The van der Waals surface area contributed by atoms with Gasteiger partial charge in [-0.3, -0.25) is 4.79 Å². The Kier molecular flexibility index (Phi) is 3.97. The van der Waals surface area contributed by atoms with E-state index < -0.39 is 0 Å². The number of amides is 1. The topological polar surface area (TPSA) is 29.1 Å². The number of carbonyl (C=O) groups excluding carboxylic acids is 1. The minimum atomic E-state index is -0.0963. The van der Waals surface area contributed by atoms with Gasteiger partial charge in [-0.25, -0.2) is 0 Å². The van der Waals surface area contributed by atoms with E-state index in [1.807, 2.05) is 42.5 Å². The Morgan fingerprint density at radius 2 is 1.71 bits per heavy atom. The summed E-state index contributed by atoms with van der Waals surface area (Å²) >= 11 is 0. The van der Waals surface area contributed by atoms with Crippen molar-refractivity contribution < 1.29 is 4.79 Å².